The highest BCUT2D eigenvalue weighted by molar-refractivity contribution is 6.30. The molecule has 1 unspecified atom stereocenters. The Hall–Kier alpha value is -1.17. The molecular formula is C22H33ClFN3O. The summed E-state index contributed by atoms with van der Waals surface area (Å²) in [5.41, 5.74) is 0.959. The molecule has 0 aliphatic carbocycles. The van der Waals surface area contributed by atoms with Crippen LogP contribution in [-0.2, 0) is 11.3 Å². The standard InChI is InChI=1S/C22H33ClFN3O/c1-25-12-9-19(10-13-25)26(2)22(28)8-6-17-4-3-11-27(15-17)16-18-5-7-20(23)21(24)14-18/h5,7,14,17,19H,3-4,6,8-13,15-16H2,1-2H3. The molecule has 2 fully saturated rings. The third kappa shape index (κ3) is 5.91. The summed E-state index contributed by atoms with van der Waals surface area (Å²) >= 11 is 5.78. The fourth-order valence-corrected chi connectivity index (χ4v) is 4.63. The van der Waals surface area contributed by atoms with Crippen LogP contribution in [0.1, 0.15) is 44.1 Å². The molecule has 0 spiro atoms. The average Bonchev–Trinajstić information content (AvgIpc) is 2.69. The first-order valence-corrected chi connectivity index (χ1v) is 10.9. The van der Waals surface area contributed by atoms with Crippen molar-refractivity contribution in [2.75, 3.05) is 40.3 Å². The molecule has 1 atom stereocenters. The number of benzene rings is 1. The Morgan fingerprint density at radius 3 is 2.71 bits per heavy atom. The highest BCUT2D eigenvalue weighted by Crippen LogP contribution is 2.24. The number of amides is 1. The second-order valence-electron chi connectivity index (χ2n) is 8.57. The van der Waals surface area contributed by atoms with Gasteiger partial charge in [-0.1, -0.05) is 17.7 Å². The van der Waals surface area contributed by atoms with Gasteiger partial charge >= 0.3 is 0 Å². The van der Waals surface area contributed by atoms with Crippen LogP contribution in [-0.4, -0.2) is 66.9 Å². The molecule has 6 heteroatoms. The van der Waals surface area contributed by atoms with Crippen LogP contribution < -0.4 is 0 Å². The summed E-state index contributed by atoms with van der Waals surface area (Å²) in [7, 11) is 4.12. The Balaban J connectivity index is 1.44. The largest absolute Gasteiger partial charge is 0.343 e. The van der Waals surface area contributed by atoms with Gasteiger partial charge in [0.2, 0.25) is 5.91 Å². The lowest BCUT2D eigenvalue weighted by Crippen LogP contribution is -2.44. The van der Waals surface area contributed by atoms with Crippen LogP contribution in [0.25, 0.3) is 0 Å². The molecule has 0 radical (unpaired) electrons. The lowest BCUT2D eigenvalue weighted by molar-refractivity contribution is -0.133. The summed E-state index contributed by atoms with van der Waals surface area (Å²) < 4.78 is 13.7. The zero-order chi connectivity index (χ0) is 20.1. The summed E-state index contributed by atoms with van der Waals surface area (Å²) in [5, 5.41) is 0.174. The summed E-state index contributed by atoms with van der Waals surface area (Å²) in [6.45, 7) is 4.91. The van der Waals surface area contributed by atoms with Gasteiger partial charge in [0.15, 0.2) is 0 Å². The number of rotatable bonds is 6. The summed E-state index contributed by atoms with van der Waals surface area (Å²) in [4.78, 5) is 19.4. The Morgan fingerprint density at radius 1 is 1.25 bits per heavy atom. The Kier molecular flexibility index (Phi) is 7.72. The maximum atomic E-state index is 13.7. The second kappa shape index (κ2) is 10.0. The van der Waals surface area contributed by atoms with Crippen LogP contribution in [0.15, 0.2) is 18.2 Å². The minimum absolute atomic E-state index is 0.174. The number of hydrogen-bond acceptors (Lipinski definition) is 3. The molecule has 0 saturated carbocycles. The molecule has 2 heterocycles. The zero-order valence-corrected chi connectivity index (χ0v) is 17.9. The van der Waals surface area contributed by atoms with Crippen molar-refractivity contribution in [1.82, 2.24) is 14.7 Å². The number of carbonyl (C=O) groups excluding carboxylic acids is 1. The van der Waals surface area contributed by atoms with E-state index in [0.717, 1.165) is 64.0 Å². The first-order valence-electron chi connectivity index (χ1n) is 10.5. The minimum Gasteiger partial charge on any atom is -0.343 e. The van der Waals surface area contributed by atoms with Crippen molar-refractivity contribution in [2.45, 2.75) is 51.1 Å². The number of halogens is 2. The maximum absolute atomic E-state index is 13.7. The quantitative estimate of drug-likeness (QED) is 0.709. The van der Waals surface area contributed by atoms with Crippen LogP contribution in [0.3, 0.4) is 0 Å². The van der Waals surface area contributed by atoms with Crippen LogP contribution in [0.2, 0.25) is 5.02 Å². The molecule has 28 heavy (non-hydrogen) atoms. The molecule has 0 bridgehead atoms. The molecule has 1 aromatic rings. The lowest BCUT2D eigenvalue weighted by Gasteiger charge is -2.36. The van der Waals surface area contributed by atoms with Gasteiger partial charge in [0.25, 0.3) is 0 Å². The Labute approximate surface area is 173 Å². The van der Waals surface area contributed by atoms with Crippen LogP contribution in [0.4, 0.5) is 4.39 Å². The molecule has 4 nitrogen and oxygen atoms in total. The van der Waals surface area contributed by atoms with E-state index < -0.39 is 0 Å². The molecule has 0 aromatic heterocycles. The van der Waals surface area contributed by atoms with Crippen molar-refractivity contribution in [3.8, 4) is 0 Å². The molecular weight excluding hydrogens is 377 g/mol. The smallest absolute Gasteiger partial charge is 0.222 e. The van der Waals surface area contributed by atoms with Crippen molar-refractivity contribution in [1.29, 1.82) is 0 Å². The third-order valence-electron chi connectivity index (χ3n) is 6.39. The molecule has 2 aliphatic heterocycles. The molecule has 1 amide bonds. The van der Waals surface area contributed by atoms with Crippen LogP contribution in [0.5, 0.6) is 0 Å². The highest BCUT2D eigenvalue weighted by Gasteiger charge is 2.25. The number of hydrogen-bond donors (Lipinski definition) is 0. The van der Waals surface area contributed by atoms with Crippen molar-refractivity contribution in [2.24, 2.45) is 5.92 Å². The summed E-state index contributed by atoms with van der Waals surface area (Å²) in [6, 6.07) is 5.46. The van der Waals surface area contributed by atoms with E-state index >= 15 is 0 Å². The van der Waals surface area contributed by atoms with E-state index in [1.54, 1.807) is 6.07 Å². The van der Waals surface area contributed by atoms with Gasteiger partial charge in [0, 0.05) is 32.6 Å². The number of piperidine rings is 2. The van der Waals surface area contributed by atoms with E-state index in [0.29, 0.717) is 18.4 Å². The molecule has 156 valence electrons. The van der Waals surface area contributed by atoms with Crippen LogP contribution >= 0.6 is 11.6 Å². The van der Waals surface area contributed by atoms with E-state index in [1.165, 1.54) is 12.5 Å². The van der Waals surface area contributed by atoms with E-state index in [-0.39, 0.29) is 16.7 Å². The SMILES string of the molecule is CN1CCC(N(C)C(=O)CCC2CCCN(Cc3ccc(Cl)c(F)c3)C2)CC1. The Morgan fingerprint density at radius 2 is 2.00 bits per heavy atom. The number of nitrogens with zero attached hydrogens (tertiary/aromatic N) is 3. The lowest BCUT2D eigenvalue weighted by atomic mass is 9.92. The van der Waals surface area contributed by atoms with Gasteiger partial charge in [-0.15, -0.1) is 0 Å². The summed E-state index contributed by atoms with van der Waals surface area (Å²) in [6.07, 6.45) is 6.05. The van der Waals surface area contributed by atoms with E-state index in [9.17, 15) is 9.18 Å². The fraction of sp³-hybridized carbons (Fsp3) is 0.682. The van der Waals surface area contributed by atoms with E-state index in [1.807, 2.05) is 18.0 Å². The van der Waals surface area contributed by atoms with Gasteiger partial charge < -0.3 is 9.80 Å². The maximum Gasteiger partial charge on any atom is 0.222 e. The van der Waals surface area contributed by atoms with Gasteiger partial charge in [-0.05, 0) is 82.4 Å². The zero-order valence-electron chi connectivity index (χ0n) is 17.2. The van der Waals surface area contributed by atoms with Gasteiger partial charge in [-0.2, -0.15) is 0 Å². The predicted molar refractivity (Wildman–Crippen MR) is 112 cm³/mol. The van der Waals surface area contributed by atoms with Crippen molar-refractivity contribution >= 4 is 17.5 Å². The number of likely N-dealkylation sites (tertiary alicyclic amines) is 2. The first-order chi connectivity index (χ1) is 13.4. The van der Waals surface area contributed by atoms with Gasteiger partial charge in [-0.25, -0.2) is 4.39 Å². The van der Waals surface area contributed by atoms with Crippen molar-refractivity contribution in [3.05, 3.63) is 34.6 Å². The van der Waals surface area contributed by atoms with Crippen molar-refractivity contribution in [3.63, 3.8) is 0 Å². The third-order valence-corrected chi connectivity index (χ3v) is 6.70. The fourth-order valence-electron chi connectivity index (χ4n) is 4.52. The molecule has 2 aliphatic rings. The predicted octanol–water partition coefficient (Wildman–Crippen LogP) is 4.02. The molecule has 2 saturated heterocycles. The van der Waals surface area contributed by atoms with Gasteiger partial charge in [-0.3, -0.25) is 9.69 Å². The van der Waals surface area contributed by atoms with Gasteiger partial charge in [0.05, 0.1) is 5.02 Å². The van der Waals surface area contributed by atoms with E-state index in [2.05, 4.69) is 16.8 Å². The Bertz CT molecular complexity index is 663. The normalized spacial score (nSPS) is 22.4. The number of carbonyl (C=O) groups is 1. The topological polar surface area (TPSA) is 26.8 Å². The molecule has 3 rings (SSSR count). The van der Waals surface area contributed by atoms with Crippen molar-refractivity contribution < 1.29 is 9.18 Å². The summed E-state index contributed by atoms with van der Waals surface area (Å²) in [5.74, 6) is 0.474. The van der Waals surface area contributed by atoms with E-state index in [4.69, 9.17) is 11.6 Å². The molecule has 1 aromatic carbocycles. The highest BCUT2D eigenvalue weighted by atomic mass is 35.5. The monoisotopic (exact) mass is 409 g/mol. The average molecular weight is 410 g/mol. The van der Waals surface area contributed by atoms with Crippen LogP contribution in [0, 0.1) is 11.7 Å². The minimum atomic E-state index is -0.352. The first kappa shape index (κ1) is 21.5. The van der Waals surface area contributed by atoms with Gasteiger partial charge in [0.1, 0.15) is 5.82 Å². The second-order valence-corrected chi connectivity index (χ2v) is 8.98. The molecule has 0 N–H and O–H groups in total.